The molecule has 3 rings (SSSR count). The van der Waals surface area contributed by atoms with Crippen LogP contribution in [0.15, 0.2) is 40.9 Å². The third-order valence-corrected chi connectivity index (χ3v) is 4.23. The Morgan fingerprint density at radius 3 is 1.80 bits per heavy atom. The number of ether oxygens (including phenoxy) is 1. The fraction of sp³-hybridized carbons (Fsp3) is 0.143. The van der Waals surface area contributed by atoms with Gasteiger partial charge in [-0.05, 0) is 17.7 Å². The Kier molecular flexibility index (Phi) is 4.18. The Labute approximate surface area is 147 Å². The lowest BCUT2D eigenvalue weighted by atomic mass is 10.0. The van der Waals surface area contributed by atoms with E-state index in [9.17, 15) is 30.3 Å². The summed E-state index contributed by atoms with van der Waals surface area (Å²) in [5.41, 5.74) is -1.71. The molecule has 11 heteroatoms. The monoisotopic (exact) mass is 409 g/mol. The first-order chi connectivity index (χ1) is 11.8. The van der Waals surface area contributed by atoms with Gasteiger partial charge in [-0.15, -0.1) is 0 Å². The fourth-order valence-electron chi connectivity index (χ4n) is 2.55. The molecule has 25 heavy (non-hydrogen) atoms. The fourth-order valence-corrected chi connectivity index (χ4v) is 2.81. The number of nitro benzene ring substituents is 3. The second-order valence-corrected chi connectivity index (χ2v) is 6.11. The molecule has 1 aliphatic rings. The number of halogens is 1. The van der Waals surface area contributed by atoms with Gasteiger partial charge in [-0.2, -0.15) is 0 Å². The molecule has 0 bridgehead atoms. The van der Waals surface area contributed by atoms with Gasteiger partial charge in [0.1, 0.15) is 17.8 Å². The summed E-state index contributed by atoms with van der Waals surface area (Å²) in [6.45, 7) is 0. The van der Waals surface area contributed by atoms with Gasteiger partial charge in [0.25, 0.3) is 17.1 Å². The van der Waals surface area contributed by atoms with Crippen LogP contribution in [0.2, 0.25) is 0 Å². The number of nitrogens with zero attached hydrogens (tertiary/aromatic N) is 3. The lowest BCUT2D eigenvalue weighted by Crippen LogP contribution is -2.03. The van der Waals surface area contributed by atoms with Crippen LogP contribution in [0.3, 0.4) is 0 Å². The van der Waals surface area contributed by atoms with Crippen molar-refractivity contribution in [2.45, 2.75) is 12.2 Å². The minimum Gasteiger partial charge on any atom is -0.359 e. The van der Waals surface area contributed by atoms with Gasteiger partial charge in [-0.25, -0.2) is 0 Å². The van der Waals surface area contributed by atoms with E-state index in [0.717, 1.165) is 4.47 Å². The Morgan fingerprint density at radius 1 is 0.840 bits per heavy atom. The molecule has 2 atom stereocenters. The Hall–Kier alpha value is -2.92. The zero-order valence-electron chi connectivity index (χ0n) is 12.2. The van der Waals surface area contributed by atoms with Crippen molar-refractivity contribution in [1.82, 2.24) is 0 Å². The second-order valence-electron chi connectivity index (χ2n) is 5.20. The lowest BCUT2D eigenvalue weighted by molar-refractivity contribution is -0.404. The molecule has 0 amide bonds. The number of epoxide rings is 1. The molecule has 0 aliphatic carbocycles. The lowest BCUT2D eigenvalue weighted by Gasteiger charge is -2.02. The number of nitro groups is 3. The molecule has 10 nitrogen and oxygen atoms in total. The molecular weight excluding hydrogens is 402 g/mol. The number of hydrogen-bond donors (Lipinski definition) is 0. The zero-order chi connectivity index (χ0) is 18.3. The maximum absolute atomic E-state index is 11.3. The Balaban J connectivity index is 2.09. The van der Waals surface area contributed by atoms with E-state index in [1.165, 1.54) is 0 Å². The highest BCUT2D eigenvalue weighted by Crippen LogP contribution is 2.56. The Morgan fingerprint density at radius 2 is 1.36 bits per heavy atom. The second kappa shape index (κ2) is 6.18. The van der Waals surface area contributed by atoms with Gasteiger partial charge >= 0.3 is 0 Å². The minimum absolute atomic E-state index is 0.270. The van der Waals surface area contributed by atoms with Crippen LogP contribution in [0.25, 0.3) is 0 Å². The Bertz CT molecular complexity index is 865. The van der Waals surface area contributed by atoms with Gasteiger partial charge in [0, 0.05) is 4.47 Å². The van der Waals surface area contributed by atoms with E-state index in [-0.39, 0.29) is 5.56 Å². The standard InChI is InChI=1S/C14H8BrN3O7/c15-8-3-1-7(2-4-8)13-14(25-13)12-10(17(21)22)5-9(16(19)20)6-11(12)18(23)24/h1-6,13-14H. The molecule has 1 aliphatic heterocycles. The van der Waals surface area contributed by atoms with Crippen molar-refractivity contribution in [3.05, 3.63) is 82.3 Å². The van der Waals surface area contributed by atoms with E-state index in [4.69, 9.17) is 4.74 Å². The average Bonchev–Trinajstić information content (AvgIpc) is 3.34. The van der Waals surface area contributed by atoms with Gasteiger partial charge in [0.05, 0.1) is 26.9 Å². The topological polar surface area (TPSA) is 142 Å². The molecule has 0 spiro atoms. The summed E-state index contributed by atoms with van der Waals surface area (Å²) >= 11 is 3.27. The minimum atomic E-state index is -0.914. The van der Waals surface area contributed by atoms with Gasteiger partial charge in [-0.3, -0.25) is 30.3 Å². The molecule has 0 saturated carbocycles. The highest BCUT2D eigenvalue weighted by molar-refractivity contribution is 9.10. The molecule has 2 unspecified atom stereocenters. The smallest absolute Gasteiger partial charge is 0.289 e. The number of non-ortho nitro benzene ring substituents is 1. The first-order valence-corrected chi connectivity index (χ1v) is 7.61. The van der Waals surface area contributed by atoms with Crippen LogP contribution in [0.4, 0.5) is 17.1 Å². The summed E-state index contributed by atoms with van der Waals surface area (Å²) in [7, 11) is 0. The van der Waals surface area contributed by atoms with E-state index in [1.54, 1.807) is 24.3 Å². The van der Waals surface area contributed by atoms with Crippen molar-refractivity contribution in [2.24, 2.45) is 0 Å². The van der Waals surface area contributed by atoms with E-state index in [1.807, 2.05) is 0 Å². The van der Waals surface area contributed by atoms with Crippen LogP contribution in [0, 0.1) is 30.3 Å². The maximum atomic E-state index is 11.3. The summed E-state index contributed by atoms with van der Waals surface area (Å²) < 4.78 is 6.24. The molecule has 1 heterocycles. The summed E-state index contributed by atoms with van der Waals surface area (Å²) in [4.78, 5) is 30.8. The van der Waals surface area contributed by atoms with Crippen molar-refractivity contribution in [3.8, 4) is 0 Å². The molecule has 0 radical (unpaired) electrons. The molecule has 2 aromatic rings. The largest absolute Gasteiger partial charge is 0.359 e. The van der Waals surface area contributed by atoms with E-state index >= 15 is 0 Å². The SMILES string of the molecule is O=[N+]([O-])c1cc([N+](=O)[O-])c(C2OC2c2ccc(Br)cc2)c([N+](=O)[O-])c1. The van der Waals surface area contributed by atoms with Crippen LogP contribution in [-0.2, 0) is 4.74 Å². The van der Waals surface area contributed by atoms with E-state index in [2.05, 4.69) is 15.9 Å². The highest BCUT2D eigenvalue weighted by atomic mass is 79.9. The maximum Gasteiger partial charge on any atom is 0.289 e. The summed E-state index contributed by atoms with van der Waals surface area (Å²) in [6, 6.07) is 8.35. The van der Waals surface area contributed by atoms with Crippen LogP contribution < -0.4 is 0 Å². The summed E-state index contributed by atoms with van der Waals surface area (Å²) in [5, 5.41) is 33.5. The van der Waals surface area contributed by atoms with E-state index < -0.39 is 44.0 Å². The number of rotatable bonds is 5. The van der Waals surface area contributed by atoms with Gasteiger partial charge < -0.3 is 4.74 Å². The van der Waals surface area contributed by atoms with Crippen molar-refractivity contribution in [1.29, 1.82) is 0 Å². The summed E-state index contributed by atoms with van der Waals surface area (Å²) in [6.07, 6.45) is -1.50. The predicted molar refractivity (Wildman–Crippen MR) is 87.1 cm³/mol. The molecule has 128 valence electrons. The quantitative estimate of drug-likeness (QED) is 0.412. The van der Waals surface area contributed by atoms with Crippen LogP contribution in [0.5, 0.6) is 0 Å². The first kappa shape index (κ1) is 16.9. The third-order valence-electron chi connectivity index (χ3n) is 3.70. The average molecular weight is 410 g/mol. The number of hydrogen-bond acceptors (Lipinski definition) is 7. The molecule has 2 aromatic carbocycles. The van der Waals surface area contributed by atoms with Gasteiger partial charge in [0.15, 0.2) is 0 Å². The highest BCUT2D eigenvalue weighted by Gasteiger charge is 2.50. The third kappa shape index (κ3) is 3.19. The van der Waals surface area contributed by atoms with Crippen LogP contribution in [-0.4, -0.2) is 14.8 Å². The predicted octanol–water partition coefficient (Wildman–Crippen LogP) is 3.99. The van der Waals surface area contributed by atoms with Gasteiger partial charge in [0.2, 0.25) is 0 Å². The van der Waals surface area contributed by atoms with Crippen molar-refractivity contribution < 1.29 is 19.5 Å². The van der Waals surface area contributed by atoms with Crippen molar-refractivity contribution in [3.63, 3.8) is 0 Å². The number of benzene rings is 2. The van der Waals surface area contributed by atoms with Crippen molar-refractivity contribution in [2.75, 3.05) is 0 Å². The molecule has 1 saturated heterocycles. The van der Waals surface area contributed by atoms with Gasteiger partial charge in [-0.1, -0.05) is 28.1 Å². The normalized spacial score (nSPS) is 18.6. The first-order valence-electron chi connectivity index (χ1n) is 6.81. The molecule has 0 N–H and O–H groups in total. The zero-order valence-corrected chi connectivity index (χ0v) is 13.8. The molecule has 0 aromatic heterocycles. The van der Waals surface area contributed by atoms with E-state index in [0.29, 0.717) is 17.7 Å². The van der Waals surface area contributed by atoms with Crippen LogP contribution in [0.1, 0.15) is 23.3 Å². The van der Waals surface area contributed by atoms with Crippen LogP contribution >= 0.6 is 15.9 Å². The molecular formula is C14H8BrN3O7. The molecule has 1 fully saturated rings. The van der Waals surface area contributed by atoms with Crippen molar-refractivity contribution >= 4 is 33.0 Å². The summed E-state index contributed by atoms with van der Waals surface area (Å²) in [5.74, 6) is 0.